The third kappa shape index (κ3) is 3.35. The number of hydrogen-bond acceptors (Lipinski definition) is 4. The monoisotopic (exact) mass is 249 g/mol. The number of hydrogen-bond donors (Lipinski definition) is 1. The van der Waals surface area contributed by atoms with Crippen molar-refractivity contribution in [2.24, 2.45) is 0 Å². The van der Waals surface area contributed by atoms with E-state index in [1.807, 2.05) is 12.1 Å². The number of carboxylic acids is 1. The Morgan fingerprint density at radius 1 is 1.35 bits per heavy atom. The highest BCUT2D eigenvalue weighted by molar-refractivity contribution is 7.97. The zero-order chi connectivity index (χ0) is 12.1. The van der Waals surface area contributed by atoms with Crippen molar-refractivity contribution in [3.8, 4) is 0 Å². The van der Waals surface area contributed by atoms with Crippen LogP contribution in [-0.4, -0.2) is 16.1 Å². The molecular weight excluding hydrogens is 238 g/mol. The molecule has 0 aliphatic rings. The predicted octanol–water partition coefficient (Wildman–Crippen LogP) is 2.81. The maximum atomic E-state index is 10.6. The van der Waals surface area contributed by atoms with Gasteiger partial charge >= 0.3 is 5.97 Å². The van der Waals surface area contributed by atoms with Gasteiger partial charge in [0.05, 0.1) is 23.3 Å². The van der Waals surface area contributed by atoms with Gasteiger partial charge in [0.1, 0.15) is 5.76 Å². The van der Waals surface area contributed by atoms with Crippen LogP contribution in [0.4, 0.5) is 0 Å². The minimum atomic E-state index is -0.952. The summed E-state index contributed by atoms with van der Waals surface area (Å²) in [4.78, 5) is 14.7. The molecule has 0 saturated carbocycles. The molecule has 2 aromatic rings. The summed E-state index contributed by atoms with van der Waals surface area (Å²) in [6.45, 7) is 0. The number of carbonyl (C=O) groups is 1. The molecule has 0 unspecified atom stereocenters. The molecule has 5 heteroatoms. The minimum absolute atomic E-state index is 0.213. The quantitative estimate of drug-likeness (QED) is 0.882. The molecule has 17 heavy (non-hydrogen) atoms. The third-order valence-corrected chi connectivity index (χ3v) is 3.13. The van der Waals surface area contributed by atoms with Crippen LogP contribution in [0.15, 0.2) is 41.1 Å². The van der Waals surface area contributed by atoms with Gasteiger partial charge in [-0.15, -0.1) is 11.8 Å². The average molecular weight is 249 g/mol. The minimum Gasteiger partial charge on any atom is -0.478 e. The molecule has 0 bridgehead atoms. The smallest absolute Gasteiger partial charge is 0.337 e. The number of carboxylic acid groups (broad SMARTS) is 1. The number of aromatic nitrogens is 1. The molecule has 0 spiro atoms. The van der Waals surface area contributed by atoms with E-state index in [9.17, 15) is 4.79 Å². The van der Waals surface area contributed by atoms with E-state index in [1.165, 1.54) is 6.20 Å². The second kappa shape index (κ2) is 5.54. The van der Waals surface area contributed by atoms with Crippen LogP contribution in [0.25, 0.3) is 0 Å². The molecule has 4 nitrogen and oxygen atoms in total. The Morgan fingerprint density at radius 2 is 2.24 bits per heavy atom. The van der Waals surface area contributed by atoms with E-state index in [0.29, 0.717) is 0 Å². The summed E-state index contributed by atoms with van der Waals surface area (Å²) in [6.07, 6.45) is 3.03. The van der Waals surface area contributed by atoms with Crippen LogP contribution < -0.4 is 0 Å². The first-order valence-electron chi connectivity index (χ1n) is 5.04. The van der Waals surface area contributed by atoms with E-state index >= 15 is 0 Å². The zero-order valence-electron chi connectivity index (χ0n) is 9.00. The molecule has 1 N–H and O–H groups in total. The van der Waals surface area contributed by atoms with E-state index in [1.54, 1.807) is 30.2 Å². The molecular formula is C12H11NO3S. The van der Waals surface area contributed by atoms with Gasteiger partial charge in [-0.25, -0.2) is 4.79 Å². The molecule has 0 fully saturated rings. The Labute approximate surface area is 103 Å². The summed E-state index contributed by atoms with van der Waals surface area (Å²) in [5.41, 5.74) is 1.08. The van der Waals surface area contributed by atoms with Crippen molar-refractivity contribution in [1.29, 1.82) is 0 Å². The molecule has 0 saturated heterocycles. The van der Waals surface area contributed by atoms with Gasteiger partial charge in [0, 0.05) is 11.9 Å². The number of aromatic carboxylic acids is 1. The molecule has 88 valence electrons. The highest BCUT2D eigenvalue weighted by Crippen LogP contribution is 2.17. The van der Waals surface area contributed by atoms with E-state index < -0.39 is 5.97 Å². The fourth-order valence-corrected chi connectivity index (χ4v) is 2.13. The van der Waals surface area contributed by atoms with Crippen LogP contribution in [0.5, 0.6) is 0 Å². The summed E-state index contributed by atoms with van der Waals surface area (Å²) in [6, 6.07) is 7.08. The van der Waals surface area contributed by atoms with Gasteiger partial charge in [-0.2, -0.15) is 0 Å². The standard InChI is InChI=1S/C12H11NO3S/c14-12(15)9-3-4-10(13-6-9)7-17-8-11-2-1-5-16-11/h1-6H,7-8H2,(H,14,15). The van der Waals surface area contributed by atoms with Crippen molar-refractivity contribution in [2.45, 2.75) is 11.5 Å². The molecule has 0 aliphatic heterocycles. The molecule has 2 rings (SSSR count). The van der Waals surface area contributed by atoms with Crippen molar-refractivity contribution < 1.29 is 14.3 Å². The van der Waals surface area contributed by atoms with Crippen LogP contribution in [0.1, 0.15) is 21.8 Å². The first-order chi connectivity index (χ1) is 8.25. The number of nitrogens with zero attached hydrogens (tertiary/aromatic N) is 1. The summed E-state index contributed by atoms with van der Waals surface area (Å²) in [7, 11) is 0. The molecule has 0 atom stereocenters. The summed E-state index contributed by atoms with van der Waals surface area (Å²) in [5, 5.41) is 8.72. The number of thioether (sulfide) groups is 1. The zero-order valence-corrected chi connectivity index (χ0v) is 9.81. The van der Waals surface area contributed by atoms with Gasteiger partial charge in [-0.05, 0) is 24.3 Å². The maximum absolute atomic E-state index is 10.6. The lowest BCUT2D eigenvalue weighted by molar-refractivity contribution is 0.0696. The van der Waals surface area contributed by atoms with Crippen LogP contribution in [-0.2, 0) is 11.5 Å². The van der Waals surface area contributed by atoms with Gasteiger partial charge < -0.3 is 9.52 Å². The van der Waals surface area contributed by atoms with Gasteiger partial charge in [0.25, 0.3) is 0 Å². The van der Waals surface area contributed by atoms with E-state index in [4.69, 9.17) is 9.52 Å². The van der Waals surface area contributed by atoms with E-state index in [0.717, 1.165) is 23.0 Å². The summed E-state index contributed by atoms with van der Waals surface area (Å²) < 4.78 is 5.20. The van der Waals surface area contributed by atoms with Crippen molar-refractivity contribution in [3.05, 3.63) is 53.7 Å². The highest BCUT2D eigenvalue weighted by atomic mass is 32.2. The molecule has 0 aliphatic carbocycles. The Balaban J connectivity index is 1.85. The molecule has 2 aromatic heterocycles. The van der Waals surface area contributed by atoms with Gasteiger partial charge in [-0.1, -0.05) is 0 Å². The van der Waals surface area contributed by atoms with Gasteiger partial charge in [-0.3, -0.25) is 4.98 Å². The lowest BCUT2D eigenvalue weighted by atomic mass is 10.2. The highest BCUT2D eigenvalue weighted by Gasteiger charge is 2.03. The van der Waals surface area contributed by atoms with Gasteiger partial charge in [0.2, 0.25) is 0 Å². The van der Waals surface area contributed by atoms with Crippen molar-refractivity contribution >= 4 is 17.7 Å². The summed E-state index contributed by atoms with van der Waals surface area (Å²) in [5.74, 6) is 1.50. The Kier molecular flexibility index (Phi) is 3.82. The molecule has 0 amide bonds. The Hall–Kier alpha value is -1.75. The lowest BCUT2D eigenvalue weighted by Crippen LogP contribution is -1.98. The first-order valence-corrected chi connectivity index (χ1v) is 6.19. The van der Waals surface area contributed by atoms with Crippen LogP contribution in [0.2, 0.25) is 0 Å². The van der Waals surface area contributed by atoms with Crippen molar-refractivity contribution in [2.75, 3.05) is 0 Å². The Bertz CT molecular complexity index is 479. The molecule has 2 heterocycles. The number of rotatable bonds is 5. The number of pyridine rings is 1. The van der Waals surface area contributed by atoms with Crippen LogP contribution in [0, 0.1) is 0 Å². The van der Waals surface area contributed by atoms with Crippen LogP contribution >= 0.6 is 11.8 Å². The normalized spacial score (nSPS) is 10.4. The van der Waals surface area contributed by atoms with E-state index in [2.05, 4.69) is 4.98 Å². The number of furan rings is 1. The van der Waals surface area contributed by atoms with Crippen molar-refractivity contribution in [1.82, 2.24) is 4.98 Å². The SMILES string of the molecule is O=C(O)c1ccc(CSCc2ccco2)nc1. The topological polar surface area (TPSA) is 63.3 Å². The predicted molar refractivity (Wildman–Crippen MR) is 64.9 cm³/mol. The average Bonchev–Trinajstić information content (AvgIpc) is 2.83. The van der Waals surface area contributed by atoms with Crippen molar-refractivity contribution in [3.63, 3.8) is 0 Å². The largest absolute Gasteiger partial charge is 0.478 e. The lowest BCUT2D eigenvalue weighted by Gasteiger charge is -2.00. The van der Waals surface area contributed by atoms with Crippen LogP contribution in [0.3, 0.4) is 0 Å². The maximum Gasteiger partial charge on any atom is 0.337 e. The van der Waals surface area contributed by atoms with Gasteiger partial charge in [0.15, 0.2) is 0 Å². The second-order valence-electron chi connectivity index (χ2n) is 3.42. The third-order valence-electron chi connectivity index (χ3n) is 2.15. The summed E-state index contributed by atoms with van der Waals surface area (Å²) >= 11 is 1.67. The molecule has 0 radical (unpaired) electrons. The fraction of sp³-hybridized carbons (Fsp3) is 0.167. The second-order valence-corrected chi connectivity index (χ2v) is 4.40. The Morgan fingerprint density at radius 3 is 2.82 bits per heavy atom. The fourth-order valence-electron chi connectivity index (χ4n) is 1.29. The molecule has 0 aromatic carbocycles. The first kappa shape index (κ1) is 11.7. The van der Waals surface area contributed by atoms with E-state index in [-0.39, 0.29) is 5.56 Å².